The smallest absolute Gasteiger partial charge is 0.256 e. The van der Waals surface area contributed by atoms with Crippen LogP contribution in [0.3, 0.4) is 0 Å². The molecule has 1 atom stereocenters. The molecule has 1 saturated carbocycles. The molecule has 6 nitrogen and oxygen atoms in total. The Morgan fingerprint density at radius 1 is 1.03 bits per heavy atom. The Morgan fingerprint density at radius 3 is 2.34 bits per heavy atom. The van der Waals surface area contributed by atoms with Gasteiger partial charge in [0.15, 0.2) is 5.60 Å². The number of pyridine rings is 1. The summed E-state index contributed by atoms with van der Waals surface area (Å²) in [5, 5.41) is 0. The van der Waals surface area contributed by atoms with Gasteiger partial charge in [0.25, 0.3) is 5.91 Å². The first-order valence-electron chi connectivity index (χ1n) is 11.6. The van der Waals surface area contributed by atoms with Gasteiger partial charge < -0.3 is 14.5 Å². The maximum Gasteiger partial charge on any atom is 0.256 e. The number of amides is 2. The number of hydrogen-bond acceptors (Lipinski definition) is 4. The Labute approximate surface area is 190 Å². The van der Waals surface area contributed by atoms with Crippen LogP contribution in [0.1, 0.15) is 37.7 Å². The number of aromatic nitrogens is 1. The summed E-state index contributed by atoms with van der Waals surface area (Å²) < 4.78 is 6.18. The van der Waals surface area contributed by atoms with Gasteiger partial charge in [0.05, 0.1) is 13.2 Å². The van der Waals surface area contributed by atoms with Crippen LogP contribution in [-0.2, 0) is 20.7 Å². The summed E-state index contributed by atoms with van der Waals surface area (Å²) in [7, 11) is 3.50. The number of likely N-dealkylation sites (N-methyl/N-ethyl adjacent to an activating group) is 1. The monoisotopic (exact) mass is 435 g/mol. The third-order valence-electron chi connectivity index (χ3n) is 6.71. The average molecular weight is 436 g/mol. The van der Waals surface area contributed by atoms with Crippen LogP contribution in [0.15, 0.2) is 48.8 Å². The fourth-order valence-corrected chi connectivity index (χ4v) is 4.99. The maximum atomic E-state index is 13.3. The SMILES string of the molecule is CN(C)C(=O)C1(Cc2ccc(-c3ccncc3)cc2)CN(C(=O)C2CCCCC2)CCO1. The van der Waals surface area contributed by atoms with E-state index in [2.05, 4.69) is 17.1 Å². The number of carbonyl (C=O) groups excluding carboxylic acids is 2. The van der Waals surface area contributed by atoms with Crippen LogP contribution in [0.25, 0.3) is 11.1 Å². The van der Waals surface area contributed by atoms with Crippen LogP contribution in [0, 0.1) is 5.92 Å². The van der Waals surface area contributed by atoms with Gasteiger partial charge in [0.1, 0.15) is 0 Å². The van der Waals surface area contributed by atoms with Crippen molar-refractivity contribution in [2.24, 2.45) is 5.92 Å². The van der Waals surface area contributed by atoms with E-state index in [1.54, 1.807) is 31.4 Å². The van der Waals surface area contributed by atoms with E-state index in [9.17, 15) is 9.59 Å². The summed E-state index contributed by atoms with van der Waals surface area (Å²) in [4.78, 5) is 34.1. The molecular formula is C26H33N3O3. The lowest BCUT2D eigenvalue weighted by atomic mass is 9.86. The number of ether oxygens (including phenoxy) is 1. The number of rotatable bonds is 5. The Hall–Kier alpha value is -2.73. The van der Waals surface area contributed by atoms with Gasteiger partial charge in [0, 0.05) is 45.4 Å². The molecule has 2 fully saturated rings. The van der Waals surface area contributed by atoms with Crippen LogP contribution < -0.4 is 0 Å². The van der Waals surface area contributed by atoms with Gasteiger partial charge in [-0.3, -0.25) is 14.6 Å². The third-order valence-corrected chi connectivity index (χ3v) is 6.71. The predicted octanol–water partition coefficient (Wildman–Crippen LogP) is 3.56. The minimum Gasteiger partial charge on any atom is -0.361 e. The molecule has 2 amide bonds. The number of hydrogen-bond donors (Lipinski definition) is 0. The standard InChI is InChI=1S/C26H33N3O3/c1-28(2)25(31)26(18-20-8-10-21(11-9-20)22-12-14-27-15-13-22)19-29(16-17-32-26)24(30)23-6-4-3-5-7-23/h8-15,23H,3-7,16-19H2,1-2H3. The van der Waals surface area contributed by atoms with E-state index in [4.69, 9.17) is 4.74 Å². The second-order valence-electron chi connectivity index (χ2n) is 9.25. The lowest BCUT2D eigenvalue weighted by molar-refractivity contribution is -0.174. The molecule has 0 N–H and O–H groups in total. The van der Waals surface area contributed by atoms with Gasteiger partial charge in [-0.1, -0.05) is 43.5 Å². The van der Waals surface area contributed by atoms with Crippen LogP contribution in [0.2, 0.25) is 0 Å². The maximum absolute atomic E-state index is 13.3. The Morgan fingerprint density at radius 2 is 1.69 bits per heavy atom. The van der Waals surface area contributed by atoms with E-state index in [1.807, 2.05) is 29.2 Å². The quantitative estimate of drug-likeness (QED) is 0.721. The van der Waals surface area contributed by atoms with Gasteiger partial charge >= 0.3 is 0 Å². The molecule has 0 radical (unpaired) electrons. The van der Waals surface area contributed by atoms with Crippen LogP contribution in [0.4, 0.5) is 0 Å². The lowest BCUT2D eigenvalue weighted by Gasteiger charge is -2.44. The second kappa shape index (κ2) is 9.82. The molecule has 0 bridgehead atoms. The molecule has 2 heterocycles. The van der Waals surface area contributed by atoms with Crippen molar-refractivity contribution in [3.8, 4) is 11.1 Å². The zero-order valence-corrected chi connectivity index (χ0v) is 19.1. The fraction of sp³-hybridized carbons (Fsp3) is 0.500. The molecule has 1 unspecified atom stereocenters. The lowest BCUT2D eigenvalue weighted by Crippen LogP contribution is -2.62. The van der Waals surface area contributed by atoms with Gasteiger partial charge in [-0.2, -0.15) is 0 Å². The summed E-state index contributed by atoms with van der Waals surface area (Å²) in [6.45, 7) is 1.25. The van der Waals surface area contributed by atoms with E-state index < -0.39 is 5.60 Å². The highest BCUT2D eigenvalue weighted by molar-refractivity contribution is 5.87. The van der Waals surface area contributed by atoms with Crippen molar-refractivity contribution in [3.05, 3.63) is 54.4 Å². The van der Waals surface area contributed by atoms with Crippen molar-refractivity contribution < 1.29 is 14.3 Å². The third kappa shape index (κ3) is 4.85. The first-order valence-corrected chi connectivity index (χ1v) is 11.6. The van der Waals surface area contributed by atoms with Crippen molar-refractivity contribution in [1.82, 2.24) is 14.8 Å². The fourth-order valence-electron chi connectivity index (χ4n) is 4.99. The minimum atomic E-state index is -1.05. The van der Waals surface area contributed by atoms with E-state index in [1.165, 1.54) is 6.42 Å². The molecule has 32 heavy (non-hydrogen) atoms. The highest BCUT2D eigenvalue weighted by atomic mass is 16.5. The number of carbonyl (C=O) groups is 2. The molecule has 1 aliphatic heterocycles. The topological polar surface area (TPSA) is 62.7 Å². The van der Waals surface area contributed by atoms with Crippen LogP contribution >= 0.6 is 0 Å². The van der Waals surface area contributed by atoms with Crippen molar-refractivity contribution in [2.75, 3.05) is 33.8 Å². The number of nitrogens with zero attached hydrogens (tertiary/aromatic N) is 3. The van der Waals surface area contributed by atoms with Crippen molar-refractivity contribution in [2.45, 2.75) is 44.1 Å². The van der Waals surface area contributed by atoms with E-state index in [-0.39, 0.29) is 17.7 Å². The first-order chi connectivity index (χ1) is 15.5. The largest absolute Gasteiger partial charge is 0.361 e. The molecular weight excluding hydrogens is 402 g/mol. The molecule has 2 aromatic rings. The minimum absolute atomic E-state index is 0.0862. The summed E-state index contributed by atoms with van der Waals surface area (Å²) in [6, 6.07) is 12.2. The van der Waals surface area contributed by atoms with Crippen molar-refractivity contribution in [3.63, 3.8) is 0 Å². The summed E-state index contributed by atoms with van der Waals surface area (Å²) in [5.74, 6) is 0.197. The van der Waals surface area contributed by atoms with Crippen LogP contribution in [-0.4, -0.2) is 66.0 Å². The number of morpholine rings is 1. The highest BCUT2D eigenvalue weighted by Crippen LogP contribution is 2.30. The molecule has 170 valence electrons. The highest BCUT2D eigenvalue weighted by Gasteiger charge is 2.46. The van der Waals surface area contributed by atoms with Crippen molar-refractivity contribution in [1.29, 1.82) is 0 Å². The summed E-state index contributed by atoms with van der Waals surface area (Å²) in [6.07, 6.45) is 9.37. The summed E-state index contributed by atoms with van der Waals surface area (Å²) in [5.41, 5.74) is 2.17. The Kier molecular flexibility index (Phi) is 6.89. The zero-order chi connectivity index (χ0) is 22.6. The van der Waals surface area contributed by atoms with Crippen LogP contribution in [0.5, 0.6) is 0 Å². The molecule has 0 spiro atoms. The zero-order valence-electron chi connectivity index (χ0n) is 19.1. The van der Waals surface area contributed by atoms with E-state index in [0.29, 0.717) is 26.1 Å². The van der Waals surface area contributed by atoms with Gasteiger partial charge in [-0.15, -0.1) is 0 Å². The molecule has 6 heteroatoms. The molecule has 1 aliphatic carbocycles. The van der Waals surface area contributed by atoms with Gasteiger partial charge in [0.2, 0.25) is 5.91 Å². The second-order valence-corrected chi connectivity index (χ2v) is 9.25. The molecule has 2 aliphatic rings. The molecule has 1 saturated heterocycles. The van der Waals surface area contributed by atoms with E-state index >= 15 is 0 Å². The molecule has 4 rings (SSSR count). The number of benzene rings is 1. The Balaban J connectivity index is 1.55. The first kappa shape index (κ1) is 22.5. The average Bonchev–Trinajstić information content (AvgIpc) is 2.84. The molecule has 1 aromatic carbocycles. The van der Waals surface area contributed by atoms with Gasteiger partial charge in [-0.05, 0) is 41.7 Å². The van der Waals surface area contributed by atoms with Gasteiger partial charge in [-0.25, -0.2) is 0 Å². The Bertz CT molecular complexity index is 923. The normalized spacial score (nSPS) is 21.9. The van der Waals surface area contributed by atoms with Crippen molar-refractivity contribution >= 4 is 11.8 Å². The predicted molar refractivity (Wildman–Crippen MR) is 124 cm³/mol. The van der Waals surface area contributed by atoms with E-state index in [0.717, 1.165) is 42.4 Å². The summed E-state index contributed by atoms with van der Waals surface area (Å²) >= 11 is 0. The molecule has 1 aromatic heterocycles.